The maximum absolute atomic E-state index is 13.0. The van der Waals surface area contributed by atoms with Crippen LogP contribution in [0.5, 0.6) is 0 Å². The van der Waals surface area contributed by atoms with Gasteiger partial charge in [-0.05, 0) is 44.6 Å². The number of rotatable bonds is 7. The van der Waals surface area contributed by atoms with E-state index >= 15 is 0 Å². The molecule has 1 aromatic carbocycles. The summed E-state index contributed by atoms with van der Waals surface area (Å²) in [5.41, 5.74) is 1.35. The summed E-state index contributed by atoms with van der Waals surface area (Å²) in [6.45, 7) is 5.46. The number of hydrogen-bond acceptors (Lipinski definition) is 3. The largest absolute Gasteiger partial charge is 0.393 e. The van der Waals surface area contributed by atoms with Gasteiger partial charge in [-0.3, -0.25) is 4.90 Å². The van der Waals surface area contributed by atoms with E-state index in [1.165, 1.54) is 24.8 Å². The van der Waals surface area contributed by atoms with Crippen LogP contribution in [0.25, 0.3) is 0 Å². The van der Waals surface area contributed by atoms with Crippen LogP contribution < -0.4 is 5.32 Å². The van der Waals surface area contributed by atoms with Gasteiger partial charge >= 0.3 is 6.03 Å². The SMILES string of the molecule is CC(O)CCN(C(=O)NC1CCCCC1)C1CCN(Cc2ccccc2)CC1. The molecule has 2 amide bonds. The normalized spacial score (nSPS) is 20.6. The Balaban J connectivity index is 1.53. The van der Waals surface area contributed by atoms with Gasteiger partial charge in [-0.15, -0.1) is 0 Å². The van der Waals surface area contributed by atoms with Gasteiger partial charge in [0.15, 0.2) is 0 Å². The minimum Gasteiger partial charge on any atom is -0.393 e. The first kappa shape index (κ1) is 21.1. The van der Waals surface area contributed by atoms with E-state index in [2.05, 4.69) is 40.5 Å². The van der Waals surface area contributed by atoms with E-state index < -0.39 is 0 Å². The van der Waals surface area contributed by atoms with Crippen molar-refractivity contribution in [1.82, 2.24) is 15.1 Å². The number of aliphatic hydroxyl groups excluding tert-OH is 1. The highest BCUT2D eigenvalue weighted by atomic mass is 16.3. The number of piperidine rings is 1. The fraction of sp³-hybridized carbons (Fsp3) is 0.696. The molecule has 2 N–H and O–H groups in total. The van der Waals surface area contributed by atoms with Crippen LogP contribution >= 0.6 is 0 Å². The molecule has 2 fully saturated rings. The minimum absolute atomic E-state index is 0.0778. The Morgan fingerprint density at radius 2 is 1.82 bits per heavy atom. The summed E-state index contributed by atoms with van der Waals surface area (Å²) in [6, 6.07) is 11.3. The van der Waals surface area contributed by atoms with E-state index in [-0.39, 0.29) is 18.2 Å². The van der Waals surface area contributed by atoms with Gasteiger partial charge in [0.2, 0.25) is 0 Å². The van der Waals surface area contributed by atoms with Crippen molar-refractivity contribution in [2.24, 2.45) is 0 Å². The Kier molecular flexibility index (Phi) is 8.16. The monoisotopic (exact) mass is 387 g/mol. The minimum atomic E-state index is -0.372. The molecule has 1 aliphatic carbocycles. The number of carbonyl (C=O) groups excluding carboxylic acids is 1. The smallest absolute Gasteiger partial charge is 0.317 e. The number of likely N-dealkylation sites (tertiary alicyclic amines) is 1. The third-order valence-electron chi connectivity index (χ3n) is 6.23. The fourth-order valence-electron chi connectivity index (χ4n) is 4.51. The van der Waals surface area contributed by atoms with Crippen LogP contribution in [-0.4, -0.2) is 58.8 Å². The first-order valence-corrected chi connectivity index (χ1v) is 11.1. The molecule has 156 valence electrons. The van der Waals surface area contributed by atoms with Gasteiger partial charge in [0, 0.05) is 38.3 Å². The lowest BCUT2D eigenvalue weighted by molar-refractivity contribution is 0.0997. The summed E-state index contributed by atoms with van der Waals surface area (Å²) in [5, 5.41) is 13.0. The van der Waals surface area contributed by atoms with Crippen LogP contribution in [0.3, 0.4) is 0 Å². The Hall–Kier alpha value is -1.59. The Morgan fingerprint density at radius 3 is 2.46 bits per heavy atom. The van der Waals surface area contributed by atoms with E-state index in [9.17, 15) is 9.90 Å². The van der Waals surface area contributed by atoms with Gasteiger partial charge < -0.3 is 15.3 Å². The number of carbonyl (C=O) groups is 1. The van der Waals surface area contributed by atoms with Crippen molar-refractivity contribution >= 4 is 6.03 Å². The molecule has 0 radical (unpaired) electrons. The molecule has 2 aliphatic rings. The Labute approximate surface area is 170 Å². The molecule has 1 unspecified atom stereocenters. The number of benzene rings is 1. The highest BCUT2D eigenvalue weighted by molar-refractivity contribution is 5.75. The average molecular weight is 388 g/mol. The molecule has 1 atom stereocenters. The number of urea groups is 1. The zero-order valence-corrected chi connectivity index (χ0v) is 17.4. The zero-order chi connectivity index (χ0) is 19.8. The molecule has 3 rings (SSSR count). The molecule has 28 heavy (non-hydrogen) atoms. The standard InChI is InChI=1S/C23H37N3O2/c1-19(27)12-17-26(23(28)24-21-10-6-3-7-11-21)22-13-15-25(16-14-22)18-20-8-4-2-5-9-20/h2,4-5,8-9,19,21-22,27H,3,6-7,10-18H2,1H3,(H,24,28). The summed E-state index contributed by atoms with van der Waals surface area (Å²) < 4.78 is 0. The van der Waals surface area contributed by atoms with Crippen molar-refractivity contribution < 1.29 is 9.90 Å². The molecular formula is C23H37N3O2. The third-order valence-corrected chi connectivity index (χ3v) is 6.23. The predicted octanol–water partition coefficient (Wildman–Crippen LogP) is 3.77. The molecule has 5 nitrogen and oxygen atoms in total. The summed E-state index contributed by atoms with van der Waals surface area (Å²) in [6.07, 6.45) is 8.21. The van der Waals surface area contributed by atoms with Gasteiger partial charge in [0.25, 0.3) is 0 Å². The van der Waals surface area contributed by atoms with E-state index in [1.807, 2.05) is 4.90 Å². The van der Waals surface area contributed by atoms with Crippen molar-refractivity contribution in [2.75, 3.05) is 19.6 Å². The lowest BCUT2D eigenvalue weighted by Crippen LogP contribution is -2.53. The maximum Gasteiger partial charge on any atom is 0.317 e. The van der Waals surface area contributed by atoms with Crippen molar-refractivity contribution in [1.29, 1.82) is 0 Å². The van der Waals surface area contributed by atoms with E-state index in [0.717, 1.165) is 45.3 Å². The van der Waals surface area contributed by atoms with Crippen LogP contribution in [0.2, 0.25) is 0 Å². The molecule has 1 saturated carbocycles. The van der Waals surface area contributed by atoms with Gasteiger partial charge in [-0.2, -0.15) is 0 Å². The van der Waals surface area contributed by atoms with Crippen LogP contribution in [0.15, 0.2) is 30.3 Å². The summed E-state index contributed by atoms with van der Waals surface area (Å²) >= 11 is 0. The second-order valence-corrected chi connectivity index (χ2v) is 8.61. The van der Waals surface area contributed by atoms with Gasteiger partial charge in [-0.25, -0.2) is 4.79 Å². The zero-order valence-electron chi connectivity index (χ0n) is 17.4. The van der Waals surface area contributed by atoms with E-state index in [1.54, 1.807) is 6.92 Å². The average Bonchev–Trinajstić information content (AvgIpc) is 2.71. The Morgan fingerprint density at radius 1 is 1.14 bits per heavy atom. The molecule has 0 spiro atoms. The van der Waals surface area contributed by atoms with Crippen LogP contribution in [0.4, 0.5) is 4.79 Å². The van der Waals surface area contributed by atoms with Crippen LogP contribution in [-0.2, 0) is 6.54 Å². The topological polar surface area (TPSA) is 55.8 Å². The molecular weight excluding hydrogens is 350 g/mol. The van der Waals surface area contributed by atoms with Gasteiger partial charge in [0.05, 0.1) is 6.10 Å². The summed E-state index contributed by atoms with van der Waals surface area (Å²) in [4.78, 5) is 17.5. The van der Waals surface area contributed by atoms with Gasteiger partial charge in [-0.1, -0.05) is 49.6 Å². The van der Waals surface area contributed by atoms with Crippen molar-refractivity contribution in [3.05, 3.63) is 35.9 Å². The number of hydrogen-bond donors (Lipinski definition) is 2. The van der Waals surface area contributed by atoms with Crippen molar-refractivity contribution in [2.45, 2.75) is 83.0 Å². The number of amides is 2. The lowest BCUT2D eigenvalue weighted by Gasteiger charge is -2.39. The highest BCUT2D eigenvalue weighted by Crippen LogP contribution is 2.21. The molecule has 0 aromatic heterocycles. The quantitative estimate of drug-likeness (QED) is 0.749. The van der Waals surface area contributed by atoms with E-state index in [4.69, 9.17) is 0 Å². The van der Waals surface area contributed by atoms with Gasteiger partial charge in [0.1, 0.15) is 0 Å². The molecule has 5 heteroatoms. The predicted molar refractivity (Wildman–Crippen MR) is 113 cm³/mol. The van der Waals surface area contributed by atoms with Crippen LogP contribution in [0.1, 0.15) is 63.9 Å². The number of nitrogens with zero attached hydrogens (tertiary/aromatic N) is 2. The van der Waals surface area contributed by atoms with Crippen molar-refractivity contribution in [3.63, 3.8) is 0 Å². The third kappa shape index (κ3) is 6.49. The lowest BCUT2D eigenvalue weighted by atomic mass is 9.95. The fourth-order valence-corrected chi connectivity index (χ4v) is 4.51. The second kappa shape index (κ2) is 10.8. The first-order valence-electron chi connectivity index (χ1n) is 11.1. The molecule has 1 saturated heterocycles. The maximum atomic E-state index is 13.0. The highest BCUT2D eigenvalue weighted by Gasteiger charge is 2.29. The first-order chi connectivity index (χ1) is 13.6. The molecule has 1 heterocycles. The number of aliphatic hydroxyl groups is 1. The second-order valence-electron chi connectivity index (χ2n) is 8.61. The Bertz CT molecular complexity index is 579. The van der Waals surface area contributed by atoms with Crippen molar-refractivity contribution in [3.8, 4) is 0 Å². The van der Waals surface area contributed by atoms with Crippen LogP contribution in [0, 0.1) is 0 Å². The summed E-state index contributed by atoms with van der Waals surface area (Å²) in [5.74, 6) is 0. The molecule has 1 aliphatic heterocycles. The summed E-state index contributed by atoms with van der Waals surface area (Å²) in [7, 11) is 0. The molecule has 1 aromatic rings. The molecule has 0 bridgehead atoms. The number of nitrogens with one attached hydrogen (secondary N) is 1. The van der Waals surface area contributed by atoms with E-state index in [0.29, 0.717) is 19.0 Å².